The zero-order valence-electron chi connectivity index (χ0n) is 12.2. The largest absolute Gasteiger partial charge is 0.383 e. The number of nitrogens with zero attached hydrogens (tertiary/aromatic N) is 2. The molecule has 0 bridgehead atoms. The number of nitrogens with one attached hydrogen (secondary N) is 2. The van der Waals surface area contributed by atoms with Crippen LogP contribution in [0.25, 0.3) is 0 Å². The van der Waals surface area contributed by atoms with Crippen molar-refractivity contribution in [3.63, 3.8) is 0 Å². The topological polar surface area (TPSA) is 59.0 Å². The summed E-state index contributed by atoms with van der Waals surface area (Å²) in [5, 5.41) is 10.9. The molecule has 1 saturated heterocycles. The van der Waals surface area contributed by atoms with Gasteiger partial charge in [0.15, 0.2) is 0 Å². The highest BCUT2D eigenvalue weighted by molar-refractivity contribution is 9.10. The number of aromatic nitrogens is 2. The van der Waals surface area contributed by atoms with E-state index in [0.29, 0.717) is 4.47 Å². The molecule has 0 amide bonds. The summed E-state index contributed by atoms with van der Waals surface area (Å²) in [6.45, 7) is 7.02. The molecule has 6 heteroatoms. The van der Waals surface area contributed by atoms with Gasteiger partial charge in [0, 0.05) is 6.54 Å². The second-order valence-electron chi connectivity index (χ2n) is 5.64. The van der Waals surface area contributed by atoms with Gasteiger partial charge in [-0.05, 0) is 68.0 Å². The van der Waals surface area contributed by atoms with E-state index in [4.69, 9.17) is 0 Å². The minimum Gasteiger partial charge on any atom is -0.383 e. The summed E-state index contributed by atoms with van der Waals surface area (Å²) in [5.74, 6) is 0.735. The molecule has 1 aromatic heterocycles. The summed E-state index contributed by atoms with van der Waals surface area (Å²) in [6, 6.07) is 0.0705. The van der Waals surface area contributed by atoms with Gasteiger partial charge in [-0.25, -0.2) is 4.68 Å². The van der Waals surface area contributed by atoms with Crippen LogP contribution in [0, 0.1) is 5.92 Å². The highest BCUT2D eigenvalue weighted by Gasteiger charge is 2.14. The van der Waals surface area contributed by atoms with Gasteiger partial charge in [-0.15, -0.1) is 0 Å². The lowest BCUT2D eigenvalue weighted by molar-refractivity contribution is 0.364. The maximum atomic E-state index is 12.1. The Bertz CT molecular complexity index is 494. The van der Waals surface area contributed by atoms with Crippen molar-refractivity contribution >= 4 is 21.6 Å². The summed E-state index contributed by atoms with van der Waals surface area (Å²) in [5.41, 5.74) is 0.708. The summed E-state index contributed by atoms with van der Waals surface area (Å²) >= 11 is 3.38. The van der Waals surface area contributed by atoms with Crippen molar-refractivity contribution in [1.29, 1.82) is 0 Å². The summed E-state index contributed by atoms with van der Waals surface area (Å²) in [7, 11) is 0. The van der Waals surface area contributed by atoms with Crippen LogP contribution < -0.4 is 16.2 Å². The SMILES string of the molecule is CC(C)n1ncc(NCCC2CCCNC2)c(Br)c1=O. The van der Waals surface area contributed by atoms with Crippen molar-refractivity contribution in [1.82, 2.24) is 15.1 Å². The third-order valence-corrected chi connectivity index (χ3v) is 4.47. The molecule has 1 unspecified atom stereocenters. The lowest BCUT2D eigenvalue weighted by atomic mass is 9.96. The molecule has 1 aromatic rings. The van der Waals surface area contributed by atoms with Gasteiger partial charge in [-0.3, -0.25) is 4.79 Å². The average Bonchev–Trinajstić information content (AvgIpc) is 2.44. The Balaban J connectivity index is 1.93. The average molecular weight is 343 g/mol. The molecule has 1 aliphatic heterocycles. The first-order chi connectivity index (χ1) is 9.59. The van der Waals surface area contributed by atoms with Crippen LogP contribution in [-0.2, 0) is 0 Å². The molecule has 0 spiro atoms. The van der Waals surface area contributed by atoms with E-state index in [1.165, 1.54) is 17.5 Å². The van der Waals surface area contributed by atoms with Crippen LogP contribution in [0.15, 0.2) is 15.5 Å². The van der Waals surface area contributed by atoms with Gasteiger partial charge >= 0.3 is 0 Å². The monoisotopic (exact) mass is 342 g/mol. The predicted octanol–water partition coefficient (Wildman–Crippen LogP) is 2.39. The molecule has 2 heterocycles. The Hall–Kier alpha value is -0.880. The highest BCUT2D eigenvalue weighted by atomic mass is 79.9. The molecule has 0 saturated carbocycles. The molecule has 112 valence electrons. The third-order valence-electron chi connectivity index (χ3n) is 3.70. The molecule has 0 aliphatic carbocycles. The van der Waals surface area contributed by atoms with E-state index in [1.807, 2.05) is 13.8 Å². The van der Waals surface area contributed by atoms with E-state index in [-0.39, 0.29) is 11.6 Å². The minimum atomic E-state index is -0.0793. The van der Waals surface area contributed by atoms with E-state index >= 15 is 0 Å². The van der Waals surface area contributed by atoms with Crippen molar-refractivity contribution in [2.45, 2.75) is 39.2 Å². The van der Waals surface area contributed by atoms with Gasteiger partial charge in [-0.1, -0.05) is 0 Å². The van der Waals surface area contributed by atoms with Crippen molar-refractivity contribution in [2.24, 2.45) is 5.92 Å². The molecular formula is C14H23BrN4O. The Labute approximate surface area is 128 Å². The standard InChI is InChI=1S/C14H23BrN4O/c1-10(2)19-14(20)13(15)12(9-18-19)17-7-5-11-4-3-6-16-8-11/h9-11,16-17H,3-8H2,1-2H3. The molecule has 1 atom stereocenters. The van der Waals surface area contributed by atoms with Crippen LogP contribution in [-0.4, -0.2) is 29.4 Å². The predicted molar refractivity (Wildman–Crippen MR) is 85.3 cm³/mol. The molecular weight excluding hydrogens is 320 g/mol. The smallest absolute Gasteiger partial charge is 0.283 e. The fourth-order valence-electron chi connectivity index (χ4n) is 2.52. The Kier molecular flexibility index (Phi) is 5.60. The fraction of sp³-hybridized carbons (Fsp3) is 0.714. The second kappa shape index (κ2) is 7.22. The third kappa shape index (κ3) is 3.82. The first kappa shape index (κ1) is 15.5. The quantitative estimate of drug-likeness (QED) is 0.862. The van der Waals surface area contributed by atoms with Crippen molar-refractivity contribution < 1.29 is 0 Å². The summed E-state index contributed by atoms with van der Waals surface area (Å²) in [6.07, 6.45) is 5.40. The van der Waals surface area contributed by atoms with E-state index in [2.05, 4.69) is 31.7 Å². The Morgan fingerprint density at radius 1 is 1.60 bits per heavy atom. The summed E-state index contributed by atoms with van der Waals surface area (Å²) < 4.78 is 2.06. The van der Waals surface area contributed by atoms with Crippen LogP contribution >= 0.6 is 15.9 Å². The number of hydrogen-bond donors (Lipinski definition) is 2. The zero-order chi connectivity index (χ0) is 14.5. The van der Waals surface area contributed by atoms with E-state index in [9.17, 15) is 4.79 Å². The maximum Gasteiger partial charge on any atom is 0.283 e. The van der Waals surface area contributed by atoms with Crippen molar-refractivity contribution in [3.8, 4) is 0 Å². The van der Waals surface area contributed by atoms with Crippen LogP contribution in [0.2, 0.25) is 0 Å². The van der Waals surface area contributed by atoms with E-state index in [1.54, 1.807) is 6.20 Å². The molecule has 2 rings (SSSR count). The van der Waals surface area contributed by atoms with Gasteiger partial charge < -0.3 is 10.6 Å². The molecule has 2 N–H and O–H groups in total. The molecule has 1 fully saturated rings. The summed E-state index contributed by atoms with van der Waals surface area (Å²) in [4.78, 5) is 12.1. The second-order valence-corrected chi connectivity index (χ2v) is 6.44. The molecule has 0 aromatic carbocycles. The van der Waals surface area contributed by atoms with Crippen LogP contribution in [0.3, 0.4) is 0 Å². The number of hydrogen-bond acceptors (Lipinski definition) is 4. The maximum absolute atomic E-state index is 12.1. The van der Waals surface area contributed by atoms with Gasteiger partial charge in [0.2, 0.25) is 0 Å². The fourth-order valence-corrected chi connectivity index (χ4v) is 2.94. The van der Waals surface area contributed by atoms with Crippen molar-refractivity contribution in [2.75, 3.05) is 25.0 Å². The van der Waals surface area contributed by atoms with Gasteiger partial charge in [0.05, 0.1) is 17.9 Å². The normalized spacial score (nSPS) is 19.3. The molecule has 5 nitrogen and oxygen atoms in total. The Morgan fingerprint density at radius 2 is 2.40 bits per heavy atom. The number of rotatable bonds is 5. The van der Waals surface area contributed by atoms with Gasteiger partial charge in [-0.2, -0.15) is 5.10 Å². The number of anilines is 1. The molecule has 20 heavy (non-hydrogen) atoms. The van der Waals surface area contributed by atoms with Gasteiger partial charge in [0.1, 0.15) is 4.47 Å². The van der Waals surface area contributed by atoms with E-state index in [0.717, 1.165) is 37.7 Å². The Morgan fingerprint density at radius 3 is 3.05 bits per heavy atom. The zero-order valence-corrected chi connectivity index (χ0v) is 13.7. The first-order valence-corrected chi connectivity index (χ1v) is 8.10. The number of halogens is 1. The highest BCUT2D eigenvalue weighted by Crippen LogP contribution is 2.19. The minimum absolute atomic E-state index is 0.0705. The molecule has 1 aliphatic rings. The lowest BCUT2D eigenvalue weighted by Gasteiger charge is -2.23. The first-order valence-electron chi connectivity index (χ1n) is 7.31. The van der Waals surface area contributed by atoms with Crippen LogP contribution in [0.1, 0.15) is 39.2 Å². The number of piperidine rings is 1. The lowest BCUT2D eigenvalue weighted by Crippen LogP contribution is -2.31. The van der Waals surface area contributed by atoms with Crippen LogP contribution in [0.5, 0.6) is 0 Å². The van der Waals surface area contributed by atoms with Crippen LogP contribution in [0.4, 0.5) is 5.69 Å². The van der Waals surface area contributed by atoms with Crippen molar-refractivity contribution in [3.05, 3.63) is 21.0 Å². The molecule has 0 radical (unpaired) electrons. The van der Waals surface area contributed by atoms with Gasteiger partial charge in [0.25, 0.3) is 5.56 Å². The van der Waals surface area contributed by atoms with E-state index < -0.39 is 0 Å².